The Kier molecular flexibility index (Phi) is 12.8. The second-order valence-electron chi connectivity index (χ2n) is 6.73. The van der Waals surface area contributed by atoms with E-state index in [1.807, 2.05) is 0 Å². The van der Waals surface area contributed by atoms with Crippen molar-refractivity contribution in [3.8, 4) is 0 Å². The first-order valence-electron chi connectivity index (χ1n) is 9.64. The molecule has 0 aliphatic carbocycles. The molecule has 9 heteroatoms. The molecule has 0 fully saturated rings. The lowest BCUT2D eigenvalue weighted by atomic mass is 10.2. The van der Waals surface area contributed by atoms with Crippen molar-refractivity contribution >= 4 is 53.0 Å². The number of halogens is 1. The molecule has 6 nitrogen and oxygen atoms in total. The fourth-order valence-electron chi connectivity index (χ4n) is 2.73. The summed E-state index contributed by atoms with van der Waals surface area (Å²) >= 11 is 3.46. The third kappa shape index (κ3) is 8.69. The van der Waals surface area contributed by atoms with Crippen LogP contribution in [0.15, 0.2) is 27.7 Å². The molecule has 2 aromatic heterocycles. The lowest BCUT2D eigenvalue weighted by Crippen LogP contribution is -2.38. The number of guanidine groups is 1. The normalized spacial score (nSPS) is 11.5. The molecule has 0 aliphatic rings. The molecule has 158 valence electrons. The largest absolute Gasteiger partial charge is 0.357 e. The van der Waals surface area contributed by atoms with E-state index in [2.05, 4.69) is 69.9 Å². The number of aryl methyl sites for hydroxylation is 1. The first-order valence-corrected chi connectivity index (χ1v) is 11.7. The summed E-state index contributed by atoms with van der Waals surface area (Å²) in [5, 5.41) is 18.6. The Morgan fingerprint density at radius 1 is 1.29 bits per heavy atom. The second kappa shape index (κ2) is 14.2. The minimum Gasteiger partial charge on any atom is -0.357 e. The number of rotatable bonds is 11. The third-order valence-electron chi connectivity index (χ3n) is 3.94. The molecule has 0 bridgehead atoms. The quantitative estimate of drug-likeness (QED) is 0.149. The average Bonchev–Trinajstić information content (AvgIpc) is 3.28. The minimum atomic E-state index is 0. The van der Waals surface area contributed by atoms with Crippen LogP contribution in [0.1, 0.15) is 37.9 Å². The fraction of sp³-hybridized carbons (Fsp3) is 0.632. The molecule has 0 aromatic carbocycles. The molecule has 2 N–H and O–H groups in total. The molecule has 0 aliphatic heterocycles. The summed E-state index contributed by atoms with van der Waals surface area (Å²) in [4.78, 5) is 6.10. The number of thioether (sulfide) groups is 1. The smallest absolute Gasteiger partial charge is 0.191 e. The van der Waals surface area contributed by atoms with Crippen molar-refractivity contribution in [2.75, 3.05) is 25.9 Å². The highest BCUT2D eigenvalue weighted by atomic mass is 127. The molecule has 2 aromatic rings. The molecular formula is C19H33IN6S2. The van der Waals surface area contributed by atoms with Gasteiger partial charge in [0.25, 0.3) is 0 Å². The maximum absolute atomic E-state index is 4.70. The van der Waals surface area contributed by atoms with Crippen molar-refractivity contribution in [2.24, 2.45) is 10.9 Å². The van der Waals surface area contributed by atoms with E-state index >= 15 is 0 Å². The van der Waals surface area contributed by atoms with Crippen LogP contribution in [-0.4, -0.2) is 46.6 Å². The SMILES string of the molecule is CCNC(=NCCCc1nnc(SC)n1CC(C)C)NCCc1cccs1.I. The van der Waals surface area contributed by atoms with Crippen molar-refractivity contribution in [1.29, 1.82) is 0 Å². The average molecular weight is 537 g/mol. The van der Waals surface area contributed by atoms with Crippen molar-refractivity contribution < 1.29 is 0 Å². The Balaban J connectivity index is 0.00000392. The van der Waals surface area contributed by atoms with Crippen LogP contribution in [0.25, 0.3) is 0 Å². The first-order chi connectivity index (χ1) is 13.1. The zero-order chi connectivity index (χ0) is 19.5. The first kappa shape index (κ1) is 25.2. The summed E-state index contributed by atoms with van der Waals surface area (Å²) in [6.45, 7) is 10.0. The lowest BCUT2D eigenvalue weighted by molar-refractivity contribution is 0.477. The van der Waals surface area contributed by atoms with Gasteiger partial charge in [-0.3, -0.25) is 4.99 Å². The van der Waals surface area contributed by atoms with Gasteiger partial charge in [-0.25, -0.2) is 0 Å². The monoisotopic (exact) mass is 536 g/mol. The molecular weight excluding hydrogens is 503 g/mol. The van der Waals surface area contributed by atoms with E-state index in [0.717, 1.165) is 62.4 Å². The van der Waals surface area contributed by atoms with Crippen LogP contribution < -0.4 is 10.6 Å². The zero-order valence-corrected chi connectivity index (χ0v) is 21.2. The molecule has 2 heterocycles. The van der Waals surface area contributed by atoms with E-state index in [4.69, 9.17) is 4.99 Å². The van der Waals surface area contributed by atoms with Crippen LogP contribution in [0, 0.1) is 5.92 Å². The van der Waals surface area contributed by atoms with Crippen molar-refractivity contribution in [3.63, 3.8) is 0 Å². The van der Waals surface area contributed by atoms with Crippen molar-refractivity contribution in [2.45, 2.75) is 51.7 Å². The number of aromatic nitrogens is 3. The Morgan fingerprint density at radius 2 is 2.11 bits per heavy atom. The van der Waals surface area contributed by atoms with Gasteiger partial charge in [-0.1, -0.05) is 31.7 Å². The maximum atomic E-state index is 4.70. The van der Waals surface area contributed by atoms with Gasteiger partial charge in [0.1, 0.15) is 5.82 Å². The molecule has 0 unspecified atom stereocenters. The van der Waals surface area contributed by atoms with Gasteiger partial charge >= 0.3 is 0 Å². The van der Waals surface area contributed by atoms with Gasteiger partial charge in [0.15, 0.2) is 11.1 Å². The number of hydrogen-bond acceptors (Lipinski definition) is 5. The van der Waals surface area contributed by atoms with E-state index in [9.17, 15) is 0 Å². The number of hydrogen-bond donors (Lipinski definition) is 2. The Bertz CT molecular complexity index is 685. The van der Waals surface area contributed by atoms with Crippen molar-refractivity contribution in [1.82, 2.24) is 25.4 Å². The summed E-state index contributed by atoms with van der Waals surface area (Å²) in [6.07, 6.45) is 4.95. The standard InChI is InChI=1S/C19H32N6S2.HI/c1-5-20-18(22-12-10-16-8-7-13-27-16)21-11-6-9-17-23-24-19(26-4)25(17)14-15(2)3;/h7-8,13,15H,5-6,9-12,14H2,1-4H3,(H2,20,21,22);1H. The van der Waals surface area contributed by atoms with Gasteiger partial charge in [0, 0.05) is 37.5 Å². The summed E-state index contributed by atoms with van der Waals surface area (Å²) in [5.41, 5.74) is 0. The Hall–Kier alpha value is -0.810. The summed E-state index contributed by atoms with van der Waals surface area (Å²) in [5.74, 6) is 2.54. The zero-order valence-electron chi connectivity index (χ0n) is 17.3. The van der Waals surface area contributed by atoms with E-state index < -0.39 is 0 Å². The Morgan fingerprint density at radius 3 is 2.75 bits per heavy atom. The molecule has 0 saturated heterocycles. The van der Waals surface area contributed by atoms with Crippen LogP contribution >= 0.6 is 47.1 Å². The molecule has 0 amide bonds. The second-order valence-corrected chi connectivity index (χ2v) is 8.53. The highest BCUT2D eigenvalue weighted by Gasteiger charge is 2.12. The molecule has 0 atom stereocenters. The summed E-state index contributed by atoms with van der Waals surface area (Å²) in [6, 6.07) is 4.27. The number of nitrogens with one attached hydrogen (secondary N) is 2. The third-order valence-corrected chi connectivity index (χ3v) is 5.54. The fourth-order valence-corrected chi connectivity index (χ4v) is 3.96. The van der Waals surface area contributed by atoms with Gasteiger partial charge in [-0.2, -0.15) is 0 Å². The van der Waals surface area contributed by atoms with Crippen LogP contribution in [0.4, 0.5) is 0 Å². The topological polar surface area (TPSA) is 67.1 Å². The molecule has 2 rings (SSSR count). The van der Waals surface area contributed by atoms with E-state index in [0.29, 0.717) is 5.92 Å². The molecule has 0 saturated carbocycles. The molecule has 28 heavy (non-hydrogen) atoms. The minimum absolute atomic E-state index is 0. The van der Waals surface area contributed by atoms with Gasteiger partial charge in [-0.15, -0.1) is 45.5 Å². The lowest BCUT2D eigenvalue weighted by Gasteiger charge is -2.12. The summed E-state index contributed by atoms with van der Waals surface area (Å²) in [7, 11) is 0. The highest BCUT2D eigenvalue weighted by molar-refractivity contribution is 14.0. The van der Waals surface area contributed by atoms with E-state index in [1.54, 1.807) is 23.1 Å². The maximum Gasteiger partial charge on any atom is 0.191 e. The van der Waals surface area contributed by atoms with Crippen LogP contribution in [-0.2, 0) is 19.4 Å². The predicted molar refractivity (Wildman–Crippen MR) is 132 cm³/mol. The van der Waals surface area contributed by atoms with Crippen LogP contribution in [0.3, 0.4) is 0 Å². The van der Waals surface area contributed by atoms with E-state index in [-0.39, 0.29) is 24.0 Å². The molecule has 0 spiro atoms. The van der Waals surface area contributed by atoms with Gasteiger partial charge in [0.2, 0.25) is 0 Å². The van der Waals surface area contributed by atoms with E-state index in [1.165, 1.54) is 4.88 Å². The van der Waals surface area contributed by atoms with Gasteiger partial charge < -0.3 is 15.2 Å². The van der Waals surface area contributed by atoms with Crippen LogP contribution in [0.2, 0.25) is 0 Å². The van der Waals surface area contributed by atoms with Gasteiger partial charge in [0.05, 0.1) is 0 Å². The molecule has 0 radical (unpaired) electrons. The number of nitrogens with zero attached hydrogens (tertiary/aromatic N) is 4. The van der Waals surface area contributed by atoms with Gasteiger partial charge in [-0.05, 0) is 43.4 Å². The predicted octanol–water partition coefficient (Wildman–Crippen LogP) is 4.07. The number of aliphatic imine (C=N–C) groups is 1. The number of thiophene rings is 1. The van der Waals surface area contributed by atoms with Crippen molar-refractivity contribution in [3.05, 3.63) is 28.2 Å². The summed E-state index contributed by atoms with van der Waals surface area (Å²) < 4.78 is 2.25. The van der Waals surface area contributed by atoms with Crippen LogP contribution in [0.5, 0.6) is 0 Å². The highest BCUT2D eigenvalue weighted by Crippen LogP contribution is 2.16. The Labute approximate surface area is 194 Å².